The molecule has 0 radical (unpaired) electrons. The van der Waals surface area contributed by atoms with Crippen LogP contribution in [-0.4, -0.2) is 10.9 Å². The third kappa shape index (κ3) is 3.70. The second-order valence-corrected chi connectivity index (χ2v) is 8.57. The van der Waals surface area contributed by atoms with Gasteiger partial charge < -0.3 is 9.73 Å². The Balaban J connectivity index is 1.30. The quantitative estimate of drug-likeness (QED) is 0.461. The summed E-state index contributed by atoms with van der Waals surface area (Å²) in [6, 6.07) is 12.7. The maximum atomic E-state index is 12.5. The summed E-state index contributed by atoms with van der Waals surface area (Å²) >= 11 is 1.46. The lowest BCUT2D eigenvalue weighted by Crippen LogP contribution is -2.14. The number of furan rings is 1. The number of amides is 1. The van der Waals surface area contributed by atoms with Gasteiger partial charge in [-0.25, -0.2) is 4.98 Å². The van der Waals surface area contributed by atoms with Gasteiger partial charge in [0, 0.05) is 21.9 Å². The Bertz CT molecular complexity index is 1200. The van der Waals surface area contributed by atoms with Gasteiger partial charge in [0.2, 0.25) is 5.91 Å². The Morgan fingerprint density at radius 3 is 2.90 bits per heavy atom. The van der Waals surface area contributed by atoms with E-state index in [1.54, 1.807) is 6.26 Å². The summed E-state index contributed by atoms with van der Waals surface area (Å²) in [4.78, 5) is 17.2. The van der Waals surface area contributed by atoms with Gasteiger partial charge in [-0.2, -0.15) is 0 Å². The minimum Gasteiger partial charge on any atom is -0.464 e. The van der Waals surface area contributed by atoms with Crippen LogP contribution < -0.4 is 5.32 Å². The predicted molar refractivity (Wildman–Crippen MR) is 117 cm³/mol. The van der Waals surface area contributed by atoms with E-state index in [1.165, 1.54) is 41.7 Å². The average Bonchev–Trinajstić information content (AvgIpc) is 3.34. The number of nitrogens with zero attached hydrogens (tertiary/aromatic N) is 1. The number of carbonyl (C=O) groups is 1. The van der Waals surface area contributed by atoms with Crippen LogP contribution >= 0.6 is 11.3 Å². The van der Waals surface area contributed by atoms with Gasteiger partial charge in [0.25, 0.3) is 0 Å². The van der Waals surface area contributed by atoms with Crippen molar-refractivity contribution in [2.24, 2.45) is 0 Å². The topological polar surface area (TPSA) is 55.1 Å². The molecule has 0 bridgehead atoms. The molecule has 0 unspecified atom stereocenters. The van der Waals surface area contributed by atoms with Crippen molar-refractivity contribution in [1.82, 2.24) is 4.98 Å². The van der Waals surface area contributed by atoms with Gasteiger partial charge in [0.15, 0.2) is 5.13 Å². The fourth-order valence-corrected chi connectivity index (χ4v) is 4.76. The highest BCUT2D eigenvalue weighted by molar-refractivity contribution is 7.14. The molecule has 5 heteroatoms. The van der Waals surface area contributed by atoms with Crippen molar-refractivity contribution in [3.05, 3.63) is 70.3 Å². The molecule has 1 aliphatic rings. The summed E-state index contributed by atoms with van der Waals surface area (Å²) in [7, 11) is 0. The maximum absolute atomic E-state index is 12.5. The van der Waals surface area contributed by atoms with E-state index in [2.05, 4.69) is 28.5 Å². The van der Waals surface area contributed by atoms with Crippen LogP contribution in [0.4, 0.5) is 5.13 Å². The van der Waals surface area contributed by atoms with Crippen LogP contribution in [0.3, 0.4) is 0 Å². The summed E-state index contributed by atoms with van der Waals surface area (Å²) in [5, 5.41) is 6.56. The zero-order valence-electron chi connectivity index (χ0n) is 16.3. The predicted octanol–water partition coefficient (Wildman–Crippen LogP) is 5.92. The Morgan fingerprint density at radius 1 is 1.14 bits per heavy atom. The first kappa shape index (κ1) is 18.1. The molecule has 1 N–H and O–H groups in total. The van der Waals surface area contributed by atoms with E-state index in [1.807, 2.05) is 30.5 Å². The minimum atomic E-state index is -0.0837. The van der Waals surface area contributed by atoms with Gasteiger partial charge in [-0.15, -0.1) is 11.3 Å². The number of rotatable bonds is 4. The Kier molecular flexibility index (Phi) is 4.68. The Hall–Kier alpha value is -2.92. The Morgan fingerprint density at radius 2 is 2.00 bits per heavy atom. The molecule has 2 heterocycles. The van der Waals surface area contributed by atoms with E-state index in [9.17, 15) is 4.79 Å². The van der Waals surface area contributed by atoms with Crippen molar-refractivity contribution in [2.75, 3.05) is 5.32 Å². The van der Waals surface area contributed by atoms with Crippen LogP contribution in [0.15, 0.2) is 52.5 Å². The van der Waals surface area contributed by atoms with Crippen LogP contribution in [0.5, 0.6) is 0 Å². The summed E-state index contributed by atoms with van der Waals surface area (Å²) in [6.45, 7) is 2.02. The third-order valence-corrected chi connectivity index (χ3v) is 6.31. The standard InChI is InChI=1S/C24H22N2O2S/c1-15-6-9-20-19(13-28-22(20)10-15)12-23(27)26-24-25-21(14-29-24)18-8-7-16-4-2-3-5-17(16)11-18/h6-11,13-14H,2-5,12H2,1H3,(H,25,26,27). The van der Waals surface area contributed by atoms with Gasteiger partial charge in [-0.05, 0) is 61.4 Å². The molecule has 146 valence electrons. The molecule has 29 heavy (non-hydrogen) atoms. The highest BCUT2D eigenvalue weighted by Crippen LogP contribution is 2.30. The van der Waals surface area contributed by atoms with Crippen molar-refractivity contribution in [3.8, 4) is 11.3 Å². The van der Waals surface area contributed by atoms with Gasteiger partial charge >= 0.3 is 0 Å². The fraction of sp³-hybridized carbons (Fsp3) is 0.250. The number of fused-ring (bicyclic) bond motifs is 2. The minimum absolute atomic E-state index is 0.0837. The molecule has 0 aliphatic heterocycles. The van der Waals surface area contributed by atoms with Crippen LogP contribution in [-0.2, 0) is 24.1 Å². The van der Waals surface area contributed by atoms with E-state index in [-0.39, 0.29) is 12.3 Å². The van der Waals surface area contributed by atoms with Crippen molar-refractivity contribution < 1.29 is 9.21 Å². The van der Waals surface area contributed by atoms with Gasteiger partial charge in [0.1, 0.15) is 5.58 Å². The normalized spacial score (nSPS) is 13.4. The zero-order chi connectivity index (χ0) is 19.8. The van der Waals surface area contributed by atoms with Crippen molar-refractivity contribution >= 4 is 33.3 Å². The lowest BCUT2D eigenvalue weighted by atomic mass is 9.90. The van der Waals surface area contributed by atoms with E-state index in [4.69, 9.17) is 4.42 Å². The number of thiazole rings is 1. The summed E-state index contributed by atoms with van der Waals surface area (Å²) in [5.41, 5.74) is 7.79. The number of nitrogens with one attached hydrogen (secondary N) is 1. The van der Waals surface area contributed by atoms with Crippen molar-refractivity contribution in [1.29, 1.82) is 0 Å². The van der Waals surface area contributed by atoms with Crippen LogP contribution in [0.2, 0.25) is 0 Å². The number of aryl methyl sites for hydroxylation is 3. The average molecular weight is 403 g/mol. The fourth-order valence-electron chi connectivity index (χ4n) is 4.02. The molecule has 0 saturated heterocycles. The molecular formula is C24H22N2O2S. The van der Waals surface area contributed by atoms with Gasteiger partial charge in [-0.3, -0.25) is 4.79 Å². The van der Waals surface area contributed by atoms with E-state index < -0.39 is 0 Å². The highest BCUT2D eigenvalue weighted by atomic mass is 32.1. The maximum Gasteiger partial charge on any atom is 0.230 e. The van der Waals surface area contributed by atoms with Gasteiger partial charge in [0.05, 0.1) is 18.4 Å². The molecule has 0 atom stereocenters. The molecule has 1 aliphatic carbocycles. The molecule has 2 aromatic heterocycles. The van der Waals surface area contributed by atoms with E-state index >= 15 is 0 Å². The number of anilines is 1. The van der Waals surface area contributed by atoms with Crippen LogP contribution in [0.25, 0.3) is 22.2 Å². The molecule has 0 saturated carbocycles. The number of carbonyl (C=O) groups excluding carboxylic acids is 1. The molecule has 4 aromatic rings. The zero-order valence-corrected chi connectivity index (χ0v) is 17.1. The van der Waals surface area contributed by atoms with Gasteiger partial charge in [-0.1, -0.05) is 24.3 Å². The first-order valence-corrected chi connectivity index (χ1v) is 10.9. The van der Waals surface area contributed by atoms with Crippen LogP contribution in [0.1, 0.15) is 35.1 Å². The number of aromatic nitrogens is 1. The lowest BCUT2D eigenvalue weighted by Gasteiger charge is -2.16. The largest absolute Gasteiger partial charge is 0.464 e. The first-order chi connectivity index (χ1) is 14.2. The number of hydrogen-bond acceptors (Lipinski definition) is 4. The number of hydrogen-bond donors (Lipinski definition) is 1. The second kappa shape index (κ2) is 7.48. The molecule has 0 spiro atoms. The smallest absolute Gasteiger partial charge is 0.230 e. The molecule has 1 amide bonds. The van der Waals surface area contributed by atoms with Crippen molar-refractivity contribution in [2.45, 2.75) is 39.0 Å². The highest BCUT2D eigenvalue weighted by Gasteiger charge is 2.14. The SMILES string of the molecule is Cc1ccc2c(CC(=O)Nc3nc(-c4ccc5c(c4)CCCC5)cs3)coc2c1. The van der Waals surface area contributed by atoms with E-state index in [0.717, 1.165) is 39.8 Å². The second-order valence-electron chi connectivity index (χ2n) is 7.71. The monoisotopic (exact) mass is 402 g/mol. The molecule has 0 fully saturated rings. The summed E-state index contributed by atoms with van der Waals surface area (Å²) < 4.78 is 5.60. The lowest BCUT2D eigenvalue weighted by molar-refractivity contribution is -0.115. The first-order valence-electron chi connectivity index (χ1n) is 10.00. The number of benzene rings is 2. The summed E-state index contributed by atoms with van der Waals surface area (Å²) in [5.74, 6) is -0.0837. The molecule has 2 aromatic carbocycles. The molecular weight excluding hydrogens is 380 g/mol. The van der Waals surface area contributed by atoms with Crippen molar-refractivity contribution in [3.63, 3.8) is 0 Å². The van der Waals surface area contributed by atoms with Crippen LogP contribution in [0, 0.1) is 6.92 Å². The van der Waals surface area contributed by atoms with E-state index in [0.29, 0.717) is 5.13 Å². The summed E-state index contributed by atoms with van der Waals surface area (Å²) in [6.07, 6.45) is 6.81. The molecule has 4 nitrogen and oxygen atoms in total. The molecule has 5 rings (SSSR count). The Labute approximate surface area is 173 Å². The third-order valence-electron chi connectivity index (χ3n) is 5.56.